The molecular weight excluding hydrogens is 412 g/mol. The van der Waals surface area contributed by atoms with Crippen LogP contribution in [0.25, 0.3) is 0 Å². The molecule has 0 atom stereocenters. The van der Waals surface area contributed by atoms with Crippen LogP contribution in [0.2, 0.25) is 0 Å². The molecule has 1 saturated heterocycles. The van der Waals surface area contributed by atoms with E-state index >= 15 is 0 Å². The number of amides is 2. The van der Waals surface area contributed by atoms with E-state index in [0.29, 0.717) is 0 Å². The van der Waals surface area contributed by atoms with E-state index in [4.69, 9.17) is 4.74 Å². The molecule has 1 rings (SSSR count). The van der Waals surface area contributed by atoms with Crippen LogP contribution in [0, 0.1) is 6.42 Å². The fourth-order valence-electron chi connectivity index (χ4n) is 0.734. The van der Waals surface area contributed by atoms with Gasteiger partial charge in [0.15, 0.2) is 0 Å². The Kier molecular flexibility index (Phi) is 12.2. The first-order chi connectivity index (χ1) is 8.63. The van der Waals surface area contributed by atoms with Crippen LogP contribution in [0.15, 0.2) is 0 Å². The molecule has 1 fully saturated rings. The Morgan fingerprint density at radius 1 is 1.26 bits per heavy atom. The molecule has 0 aromatic heterocycles. The first-order valence-corrected chi connectivity index (χ1v) is 14.9. The van der Waals surface area contributed by atoms with Crippen LogP contribution in [0.3, 0.4) is 0 Å². The average molecular weight is 436 g/mol. The molecule has 7 heteroatoms. The summed E-state index contributed by atoms with van der Waals surface area (Å²) in [5, 5.41) is 0. The molecule has 1 aliphatic rings. The van der Waals surface area contributed by atoms with Crippen LogP contribution in [0.4, 0.5) is 4.79 Å². The quantitative estimate of drug-likeness (QED) is 0.334. The topological polar surface area (TPSA) is 49.9 Å². The molecule has 0 aliphatic carbocycles. The van der Waals surface area contributed by atoms with Gasteiger partial charge in [-0.1, -0.05) is 0 Å². The molecule has 1 aliphatic heterocycles. The molecule has 0 unspecified atom stereocenters. The zero-order chi connectivity index (χ0) is 15.6. The minimum atomic E-state index is -0.368. The Morgan fingerprint density at radius 2 is 1.63 bits per heavy atom. The number of halogens is 1. The summed E-state index contributed by atoms with van der Waals surface area (Å²) < 4.78 is 5.11. The van der Waals surface area contributed by atoms with E-state index in [9.17, 15) is 9.59 Å². The molecule has 1 heterocycles. The Morgan fingerprint density at radius 3 is 1.79 bits per heavy atom. The molecule has 2 amide bonds. The van der Waals surface area contributed by atoms with Crippen molar-refractivity contribution in [2.45, 2.75) is 33.3 Å². The van der Waals surface area contributed by atoms with Gasteiger partial charge in [-0.2, -0.15) is 0 Å². The van der Waals surface area contributed by atoms with Crippen molar-refractivity contribution in [3.05, 3.63) is 6.42 Å². The van der Waals surface area contributed by atoms with Gasteiger partial charge < -0.3 is 14.5 Å². The molecule has 0 aromatic carbocycles. The average Bonchev–Trinajstić information content (AvgIpc) is 2.15. The number of ether oxygens (including phenoxy) is 1. The normalized spacial score (nSPS) is 13.0. The zero-order valence-corrected chi connectivity index (χ0v) is 17.8. The number of likely N-dealkylation sites (tertiary alicyclic amines) is 1. The number of hydrogen-bond donors (Lipinski definition) is 0. The maximum atomic E-state index is 11.1. The van der Waals surface area contributed by atoms with Crippen molar-refractivity contribution in [2.75, 3.05) is 27.2 Å². The van der Waals surface area contributed by atoms with Crippen LogP contribution in [0.5, 0.6) is 0 Å². The first-order valence-electron chi connectivity index (χ1n) is 5.87. The van der Waals surface area contributed by atoms with Crippen molar-refractivity contribution in [1.82, 2.24) is 9.80 Å². The van der Waals surface area contributed by atoms with Crippen molar-refractivity contribution in [1.29, 1.82) is 0 Å². The van der Waals surface area contributed by atoms with E-state index in [1.807, 2.05) is 27.2 Å². The molecule has 19 heavy (non-hydrogen) atoms. The summed E-state index contributed by atoms with van der Waals surface area (Å²) >= 11 is 3.62. The third kappa shape index (κ3) is 12.9. The van der Waals surface area contributed by atoms with Crippen molar-refractivity contribution < 1.29 is 29.1 Å². The van der Waals surface area contributed by atoms with Gasteiger partial charge in [0, 0.05) is 21.0 Å². The second kappa shape index (κ2) is 10.8. The van der Waals surface area contributed by atoms with Crippen molar-refractivity contribution >= 4 is 31.8 Å². The molecule has 5 nitrogen and oxygen atoms in total. The molecule has 0 saturated carbocycles. The molecule has 0 aromatic rings. The van der Waals surface area contributed by atoms with Crippen LogP contribution < -0.4 is 0 Å². The summed E-state index contributed by atoms with van der Waals surface area (Å²) in [6.07, 6.45) is 1.82. The number of nitrogens with zero attached hydrogens (tertiary/aromatic N) is 2. The SMILES string of the molecule is CC(=O)N(C)C.CC(C)(C)OC(=O)N1C[CH-]C1.[Zn+][I]. The summed E-state index contributed by atoms with van der Waals surface area (Å²) in [6, 6.07) is 0. The van der Waals surface area contributed by atoms with Crippen molar-refractivity contribution in [3.8, 4) is 0 Å². The zero-order valence-electron chi connectivity index (χ0n) is 12.7. The molecule has 0 N–H and O–H groups in total. The van der Waals surface area contributed by atoms with Gasteiger partial charge >= 0.3 is 40.6 Å². The van der Waals surface area contributed by atoms with Gasteiger partial charge in [-0.05, 0) is 20.8 Å². The first kappa shape index (κ1) is 21.4. The molecule has 108 valence electrons. The Balaban J connectivity index is 0. The van der Waals surface area contributed by atoms with Crippen LogP contribution in [-0.4, -0.2) is 54.6 Å². The van der Waals surface area contributed by atoms with Gasteiger partial charge in [0.2, 0.25) is 5.91 Å². The standard InChI is InChI=1S/C8H14NO2.C4H9NO.HI.Zn/c1-8(2,3)11-7(10)9-5-4-6-9;1-4(6)5(2)3;;/h4H,5-6H2,1-3H3;1-3H3;1H;/q-1;;;+2/p-1. The van der Waals surface area contributed by atoms with E-state index in [1.165, 1.54) is 26.6 Å². The third-order valence-corrected chi connectivity index (χ3v) is 1.98. The summed E-state index contributed by atoms with van der Waals surface area (Å²) in [7, 11) is 3.45. The van der Waals surface area contributed by atoms with E-state index < -0.39 is 0 Å². The number of carbonyl (C=O) groups excluding carboxylic acids is 2. The van der Waals surface area contributed by atoms with E-state index in [1.54, 1.807) is 19.0 Å². The van der Waals surface area contributed by atoms with E-state index in [2.05, 4.69) is 19.8 Å². The second-order valence-electron chi connectivity index (χ2n) is 5.09. The Hall–Kier alpha value is 0.0934. The fraction of sp³-hybridized carbons (Fsp3) is 0.750. The van der Waals surface area contributed by atoms with Gasteiger partial charge in [0.25, 0.3) is 0 Å². The van der Waals surface area contributed by atoms with Gasteiger partial charge in [0.05, 0.1) is 0 Å². The number of carbonyl (C=O) groups is 2. The molecule has 0 bridgehead atoms. The summed E-state index contributed by atoms with van der Waals surface area (Å²) in [4.78, 5) is 24.4. The van der Waals surface area contributed by atoms with E-state index in [-0.39, 0.29) is 17.6 Å². The van der Waals surface area contributed by atoms with Crippen LogP contribution in [-0.2, 0) is 24.3 Å². The Labute approximate surface area is 137 Å². The van der Waals surface area contributed by atoms with Gasteiger partial charge in [-0.15, -0.1) is 13.1 Å². The van der Waals surface area contributed by atoms with Gasteiger partial charge in [-0.25, -0.2) is 4.79 Å². The van der Waals surface area contributed by atoms with Crippen LogP contribution >= 0.6 is 19.8 Å². The second-order valence-corrected chi connectivity index (χ2v) is 5.09. The summed E-state index contributed by atoms with van der Waals surface area (Å²) in [5.41, 5.74) is -0.368. The molecule has 0 radical (unpaired) electrons. The predicted molar refractivity (Wildman–Crippen MR) is 80.5 cm³/mol. The summed E-state index contributed by atoms with van der Waals surface area (Å²) in [5.74, 6) is 0.0926. The monoisotopic (exact) mass is 434 g/mol. The van der Waals surface area contributed by atoms with Gasteiger partial charge in [0.1, 0.15) is 5.60 Å². The predicted octanol–water partition coefficient (Wildman–Crippen LogP) is 2.42. The van der Waals surface area contributed by atoms with Gasteiger partial charge in [-0.3, -0.25) is 11.2 Å². The number of hydrogen-bond acceptors (Lipinski definition) is 3. The van der Waals surface area contributed by atoms with Crippen LogP contribution in [0.1, 0.15) is 27.7 Å². The molecule has 0 spiro atoms. The molecular formula is C12H23IN2O3Zn. The Bertz CT molecular complexity index is 277. The van der Waals surface area contributed by atoms with Crippen molar-refractivity contribution in [3.63, 3.8) is 0 Å². The van der Waals surface area contributed by atoms with Crippen molar-refractivity contribution in [2.24, 2.45) is 0 Å². The minimum absolute atomic E-state index is 0.0926. The maximum absolute atomic E-state index is 11.1. The summed E-state index contributed by atoms with van der Waals surface area (Å²) in [6.45, 7) is 8.60. The third-order valence-electron chi connectivity index (χ3n) is 1.98. The fourth-order valence-corrected chi connectivity index (χ4v) is 0.734. The van der Waals surface area contributed by atoms with E-state index in [0.717, 1.165) is 13.1 Å². The number of rotatable bonds is 0.